The molecular formula is C36H25N3. The van der Waals surface area contributed by atoms with E-state index in [2.05, 4.69) is 97.1 Å². The first-order valence-corrected chi connectivity index (χ1v) is 13.1. The van der Waals surface area contributed by atoms with Crippen molar-refractivity contribution in [2.45, 2.75) is 11.8 Å². The van der Waals surface area contributed by atoms with E-state index in [0.717, 1.165) is 22.5 Å². The van der Waals surface area contributed by atoms with Crippen LogP contribution in [0.3, 0.4) is 0 Å². The molecule has 3 nitrogen and oxygen atoms in total. The number of hydrogen-bond donors (Lipinski definition) is 1. The van der Waals surface area contributed by atoms with Gasteiger partial charge in [-0.05, 0) is 80.6 Å². The SMILES string of the molecule is N#CC/C=C(\C=C/N)c1cccc(-c2ccc3c(c2)C2(c4ccccc4-c4ccccc42)c2ccccc2-3)n1. The zero-order valence-corrected chi connectivity index (χ0v) is 21.3. The van der Waals surface area contributed by atoms with E-state index in [-0.39, 0.29) is 5.41 Å². The largest absolute Gasteiger partial charge is 0.405 e. The summed E-state index contributed by atoms with van der Waals surface area (Å²) in [5, 5.41) is 9.10. The summed E-state index contributed by atoms with van der Waals surface area (Å²) in [6, 6.07) is 41.4. The maximum absolute atomic E-state index is 9.10. The minimum absolute atomic E-state index is 0.296. The first-order chi connectivity index (χ1) is 19.3. The van der Waals surface area contributed by atoms with Crippen molar-refractivity contribution in [3.63, 3.8) is 0 Å². The van der Waals surface area contributed by atoms with Crippen LogP contribution in [0.1, 0.15) is 34.4 Å². The lowest BCUT2D eigenvalue weighted by Gasteiger charge is -2.30. The molecule has 5 aromatic rings. The molecule has 3 heteroatoms. The van der Waals surface area contributed by atoms with Crippen LogP contribution in [0.5, 0.6) is 0 Å². The van der Waals surface area contributed by atoms with E-state index in [9.17, 15) is 0 Å². The van der Waals surface area contributed by atoms with E-state index in [0.29, 0.717) is 6.42 Å². The molecule has 0 atom stereocenters. The van der Waals surface area contributed by atoms with Crippen LogP contribution in [-0.2, 0) is 5.41 Å². The van der Waals surface area contributed by atoms with Gasteiger partial charge in [0.25, 0.3) is 0 Å². The first kappa shape index (κ1) is 23.0. The zero-order chi connectivity index (χ0) is 26.4. The highest BCUT2D eigenvalue weighted by molar-refractivity contribution is 5.95. The molecule has 0 bridgehead atoms. The first-order valence-electron chi connectivity index (χ1n) is 13.1. The third-order valence-corrected chi connectivity index (χ3v) is 8.03. The summed E-state index contributed by atoms with van der Waals surface area (Å²) in [7, 11) is 0. The number of allylic oxidation sites excluding steroid dienone is 3. The van der Waals surface area contributed by atoms with Gasteiger partial charge in [-0.15, -0.1) is 0 Å². The summed E-state index contributed by atoms with van der Waals surface area (Å²) in [4.78, 5) is 5.01. The molecule has 2 N–H and O–H groups in total. The van der Waals surface area contributed by atoms with Crippen LogP contribution in [0.2, 0.25) is 0 Å². The molecule has 0 radical (unpaired) electrons. The summed E-state index contributed by atoms with van der Waals surface area (Å²) in [5.41, 5.74) is 19.3. The number of nitrogens with two attached hydrogens (primary N) is 1. The third kappa shape index (κ3) is 3.25. The number of pyridine rings is 1. The quantitative estimate of drug-likeness (QED) is 0.251. The summed E-state index contributed by atoms with van der Waals surface area (Å²) in [5.74, 6) is 0. The number of fused-ring (bicyclic) bond motifs is 10. The summed E-state index contributed by atoms with van der Waals surface area (Å²) >= 11 is 0. The van der Waals surface area contributed by atoms with Crippen molar-refractivity contribution in [1.82, 2.24) is 4.98 Å². The lowest BCUT2D eigenvalue weighted by atomic mass is 9.70. The Bertz CT molecular complexity index is 1810. The van der Waals surface area contributed by atoms with E-state index in [1.165, 1.54) is 50.7 Å². The number of rotatable bonds is 4. The predicted molar refractivity (Wildman–Crippen MR) is 158 cm³/mol. The zero-order valence-electron chi connectivity index (χ0n) is 21.3. The van der Waals surface area contributed by atoms with Crippen LogP contribution in [0.4, 0.5) is 0 Å². The Morgan fingerprint density at radius 3 is 1.90 bits per heavy atom. The molecule has 7 rings (SSSR count). The lowest BCUT2D eigenvalue weighted by Crippen LogP contribution is -2.25. The van der Waals surface area contributed by atoms with Crippen LogP contribution < -0.4 is 5.73 Å². The van der Waals surface area contributed by atoms with Gasteiger partial charge in [-0.2, -0.15) is 5.26 Å². The van der Waals surface area contributed by atoms with Crippen LogP contribution in [0, 0.1) is 11.3 Å². The third-order valence-electron chi connectivity index (χ3n) is 8.03. The molecule has 1 aromatic heterocycles. The Kier molecular flexibility index (Phi) is 5.28. The number of aromatic nitrogens is 1. The molecule has 0 saturated carbocycles. The van der Waals surface area contributed by atoms with Crippen molar-refractivity contribution in [3.8, 4) is 39.6 Å². The molecule has 1 spiro atoms. The summed E-state index contributed by atoms with van der Waals surface area (Å²) in [6.45, 7) is 0. The standard InChI is InChI=1S/C36H25N3/c37-21-8-9-24(20-22-38)34-16-7-17-35(39-34)25-18-19-29-28-12-3-6-15-32(28)36(33(29)23-25)30-13-4-1-10-26(30)27-11-2-5-14-31(27)36/h1-7,9-20,22-23H,8,38H2/b22-20-,24-9+. The van der Waals surface area contributed by atoms with Gasteiger partial charge in [0.2, 0.25) is 0 Å². The van der Waals surface area contributed by atoms with E-state index in [1.54, 1.807) is 6.08 Å². The van der Waals surface area contributed by atoms with Gasteiger partial charge in [0, 0.05) is 5.56 Å². The second-order valence-corrected chi connectivity index (χ2v) is 9.94. The van der Waals surface area contributed by atoms with Gasteiger partial charge < -0.3 is 5.73 Å². The monoisotopic (exact) mass is 499 g/mol. The Morgan fingerprint density at radius 1 is 0.718 bits per heavy atom. The van der Waals surface area contributed by atoms with Gasteiger partial charge in [-0.3, -0.25) is 0 Å². The van der Waals surface area contributed by atoms with E-state index >= 15 is 0 Å². The molecule has 4 aromatic carbocycles. The maximum Gasteiger partial charge on any atom is 0.0725 e. The molecule has 2 aliphatic carbocycles. The highest BCUT2D eigenvalue weighted by Gasteiger charge is 2.51. The topological polar surface area (TPSA) is 62.7 Å². The minimum Gasteiger partial charge on any atom is -0.405 e. The average Bonchev–Trinajstić information content (AvgIpc) is 3.46. The Morgan fingerprint density at radius 2 is 1.31 bits per heavy atom. The van der Waals surface area contributed by atoms with Crippen molar-refractivity contribution in [2.75, 3.05) is 0 Å². The molecule has 39 heavy (non-hydrogen) atoms. The number of nitrogens with zero attached hydrogens (tertiary/aromatic N) is 2. The van der Waals surface area contributed by atoms with Crippen molar-refractivity contribution < 1.29 is 0 Å². The minimum atomic E-state index is -0.382. The van der Waals surface area contributed by atoms with Crippen LogP contribution in [0.25, 0.3) is 39.1 Å². The van der Waals surface area contributed by atoms with Gasteiger partial charge in [-0.1, -0.05) is 97.1 Å². The fourth-order valence-corrected chi connectivity index (χ4v) is 6.53. The normalized spacial score (nSPS) is 14.1. The Balaban J connectivity index is 1.48. The highest BCUT2D eigenvalue weighted by Crippen LogP contribution is 2.62. The molecule has 184 valence electrons. The van der Waals surface area contributed by atoms with Gasteiger partial charge >= 0.3 is 0 Å². The highest BCUT2D eigenvalue weighted by atomic mass is 14.7. The molecule has 0 amide bonds. The summed E-state index contributed by atoms with van der Waals surface area (Å²) < 4.78 is 0. The smallest absolute Gasteiger partial charge is 0.0725 e. The van der Waals surface area contributed by atoms with Gasteiger partial charge in [-0.25, -0.2) is 4.98 Å². The Labute approximate surface area is 228 Å². The molecule has 0 unspecified atom stereocenters. The van der Waals surface area contributed by atoms with Crippen molar-refractivity contribution in [3.05, 3.63) is 155 Å². The fraction of sp³-hybridized carbons (Fsp3) is 0.0556. The fourth-order valence-electron chi connectivity index (χ4n) is 6.53. The summed E-state index contributed by atoms with van der Waals surface area (Å²) in [6.07, 6.45) is 5.44. The molecule has 0 aliphatic heterocycles. The molecular weight excluding hydrogens is 474 g/mol. The second kappa shape index (κ2) is 8.97. The number of benzene rings is 4. The molecule has 2 aliphatic rings. The van der Waals surface area contributed by atoms with E-state index < -0.39 is 0 Å². The van der Waals surface area contributed by atoms with Crippen molar-refractivity contribution in [2.24, 2.45) is 5.73 Å². The average molecular weight is 500 g/mol. The predicted octanol–water partition coefficient (Wildman–Crippen LogP) is 7.86. The number of hydrogen-bond acceptors (Lipinski definition) is 3. The van der Waals surface area contributed by atoms with E-state index in [4.69, 9.17) is 16.0 Å². The molecule has 1 heterocycles. The maximum atomic E-state index is 9.10. The van der Waals surface area contributed by atoms with Crippen LogP contribution in [-0.4, -0.2) is 4.98 Å². The van der Waals surface area contributed by atoms with Crippen LogP contribution >= 0.6 is 0 Å². The molecule has 0 fully saturated rings. The van der Waals surface area contributed by atoms with Crippen molar-refractivity contribution in [1.29, 1.82) is 5.26 Å². The van der Waals surface area contributed by atoms with E-state index in [1.807, 2.05) is 24.3 Å². The van der Waals surface area contributed by atoms with Crippen molar-refractivity contribution >= 4 is 5.57 Å². The molecule has 0 saturated heterocycles. The van der Waals surface area contributed by atoms with Crippen LogP contribution in [0.15, 0.2) is 128 Å². The lowest BCUT2D eigenvalue weighted by molar-refractivity contribution is 0.794. The Hall–Kier alpha value is -5.20. The van der Waals surface area contributed by atoms with Gasteiger partial charge in [0.1, 0.15) is 0 Å². The van der Waals surface area contributed by atoms with Gasteiger partial charge in [0.15, 0.2) is 0 Å². The second-order valence-electron chi connectivity index (χ2n) is 9.94. The van der Waals surface area contributed by atoms with Gasteiger partial charge in [0.05, 0.1) is 29.3 Å². The number of nitriles is 1.